The van der Waals surface area contributed by atoms with Crippen molar-refractivity contribution in [2.75, 3.05) is 0 Å². The molecule has 1 saturated carbocycles. The highest BCUT2D eigenvalue weighted by Gasteiger charge is 2.53. The Morgan fingerprint density at radius 2 is 0.613 bits per heavy atom. The van der Waals surface area contributed by atoms with Gasteiger partial charge in [-0.25, -0.2) is 0 Å². The molecule has 0 amide bonds. The van der Waals surface area contributed by atoms with Crippen molar-refractivity contribution in [3.05, 3.63) is 310 Å². The van der Waals surface area contributed by atoms with E-state index < -0.39 is 0 Å². The molecule has 11 aromatic rings. The molecule has 0 heterocycles. The average Bonchev–Trinajstić information content (AvgIpc) is 4.32. The van der Waals surface area contributed by atoms with E-state index in [4.69, 9.17) is 0 Å². The predicted molar refractivity (Wildman–Crippen MR) is 308 cm³/mol. The Labute approximate surface area is 439 Å². The van der Waals surface area contributed by atoms with Crippen LogP contribution in [0.5, 0.6) is 0 Å². The molecular formula is C75H52. The van der Waals surface area contributed by atoms with E-state index in [9.17, 15) is 0 Å². The van der Waals surface area contributed by atoms with Crippen LogP contribution in [0.25, 0.3) is 77.9 Å². The monoisotopic (exact) mass is 952 g/mol. The molecule has 0 aromatic heterocycles. The topological polar surface area (TPSA) is 0 Å². The molecule has 0 saturated heterocycles. The van der Waals surface area contributed by atoms with Gasteiger partial charge in [0, 0.05) is 0 Å². The van der Waals surface area contributed by atoms with Crippen LogP contribution in [0.4, 0.5) is 0 Å². The van der Waals surface area contributed by atoms with Crippen LogP contribution in [0.1, 0.15) is 92.3 Å². The summed E-state index contributed by atoms with van der Waals surface area (Å²) < 4.78 is 0. The number of benzene rings is 11. The molecule has 0 aliphatic heterocycles. The maximum absolute atomic E-state index is 2.56. The van der Waals surface area contributed by atoms with Crippen LogP contribution < -0.4 is 0 Å². The molecule has 11 aromatic carbocycles. The van der Waals surface area contributed by atoms with Crippen LogP contribution in [0.3, 0.4) is 0 Å². The number of hydrogen-bond donors (Lipinski definition) is 0. The van der Waals surface area contributed by atoms with Crippen LogP contribution >= 0.6 is 0 Å². The predicted octanol–water partition coefficient (Wildman–Crippen LogP) is 18.6. The summed E-state index contributed by atoms with van der Waals surface area (Å²) in [6.07, 6.45) is 4.98. The number of hydrogen-bond acceptors (Lipinski definition) is 0. The first-order chi connectivity index (χ1) is 37.2. The molecule has 75 heavy (non-hydrogen) atoms. The summed E-state index contributed by atoms with van der Waals surface area (Å²) in [5, 5.41) is 0. The van der Waals surface area contributed by atoms with Gasteiger partial charge in [-0.2, -0.15) is 0 Å². The van der Waals surface area contributed by atoms with Gasteiger partial charge in [-0.1, -0.05) is 237 Å². The van der Waals surface area contributed by atoms with Crippen LogP contribution in [-0.4, -0.2) is 0 Å². The fraction of sp³-hybridized carbons (Fsp3) is 0.120. The Hall–Kier alpha value is -8.58. The van der Waals surface area contributed by atoms with E-state index in [0.717, 1.165) is 5.92 Å². The van der Waals surface area contributed by atoms with Gasteiger partial charge in [0.15, 0.2) is 0 Å². The van der Waals surface area contributed by atoms with Crippen molar-refractivity contribution in [3.63, 3.8) is 0 Å². The molecule has 2 spiro atoms. The average molecular weight is 953 g/mol. The van der Waals surface area contributed by atoms with Gasteiger partial charge in [0.25, 0.3) is 0 Å². The molecule has 0 nitrogen and oxygen atoms in total. The fourth-order valence-corrected chi connectivity index (χ4v) is 16.1. The zero-order chi connectivity index (χ0) is 49.0. The molecule has 17 rings (SSSR count). The molecular weight excluding hydrogens is 901 g/mol. The van der Waals surface area contributed by atoms with Crippen LogP contribution in [0.15, 0.2) is 249 Å². The summed E-state index contributed by atoms with van der Waals surface area (Å²) in [6, 6.07) is 95.7. The van der Waals surface area contributed by atoms with Crippen molar-refractivity contribution >= 4 is 0 Å². The number of fused-ring (bicyclic) bond motifs is 23. The second-order valence-electron chi connectivity index (χ2n) is 22.5. The van der Waals surface area contributed by atoms with Crippen molar-refractivity contribution in [3.8, 4) is 77.9 Å². The van der Waals surface area contributed by atoms with Crippen molar-refractivity contribution in [2.24, 2.45) is 5.92 Å². The highest BCUT2D eigenvalue weighted by molar-refractivity contribution is 5.98. The van der Waals surface area contributed by atoms with Gasteiger partial charge in [0.2, 0.25) is 0 Å². The van der Waals surface area contributed by atoms with E-state index in [1.807, 2.05) is 0 Å². The normalized spacial score (nSPS) is 18.5. The molecule has 0 heteroatoms. The van der Waals surface area contributed by atoms with Crippen molar-refractivity contribution in [2.45, 2.75) is 48.3 Å². The smallest absolute Gasteiger partial charge is 0.0619 e. The third-order valence-corrected chi connectivity index (χ3v) is 19.3. The van der Waals surface area contributed by atoms with Crippen molar-refractivity contribution in [1.82, 2.24) is 0 Å². The fourth-order valence-electron chi connectivity index (χ4n) is 16.1. The largest absolute Gasteiger partial charge is 0.0725 e. The summed E-state index contributed by atoms with van der Waals surface area (Å²) >= 11 is 0. The van der Waals surface area contributed by atoms with Crippen LogP contribution in [0, 0.1) is 5.92 Å². The molecule has 0 N–H and O–H groups in total. The Morgan fingerprint density at radius 1 is 0.280 bits per heavy atom. The minimum atomic E-state index is -0.336. The standard InChI is InChI=1S/C75H52/c1-7-19-66-56(13-1)57-14-2-8-20-67(57)74(66)70-23-11-5-17-60(70)62-39-37-52(44-72(62)74)48-29-25-46(26-30-48)50-33-35-54-41-55-36-34-51(43-65(55)64(54)42-50)47-27-31-49(32-28-47)53-38-40-63-61-18-6-12-24-71(61)75(73(63)45-53)68-21-9-3-15-58(68)59-16-4-10-22-69(59)75/h1-33,35,37-40,42,44-45,51,55,65H,34,36,41,43H2. The minimum Gasteiger partial charge on any atom is -0.0619 e. The molecule has 3 unspecified atom stereocenters. The zero-order valence-electron chi connectivity index (χ0n) is 41.7. The second-order valence-corrected chi connectivity index (χ2v) is 22.5. The highest BCUT2D eigenvalue weighted by Crippen LogP contribution is 2.65. The maximum atomic E-state index is 2.56. The SMILES string of the molecule is c1ccc2c(c1)-c1ccccc1C21c2ccccc2-c2ccc(-c3ccc(-c4ccc5c(c4)C4CC(c6ccc(-c7ccc8c(c7)C7(c9ccccc9-c9ccccc97)c7ccccc7-8)cc6)CCC4C5)cc3)cc21. The molecule has 0 radical (unpaired) electrons. The maximum Gasteiger partial charge on any atom is 0.0725 e. The third kappa shape index (κ3) is 5.57. The lowest BCUT2D eigenvalue weighted by Gasteiger charge is -2.33. The second kappa shape index (κ2) is 15.5. The lowest BCUT2D eigenvalue weighted by molar-refractivity contribution is 0.299. The lowest BCUT2D eigenvalue weighted by atomic mass is 9.70. The van der Waals surface area contributed by atoms with Gasteiger partial charge in [0.1, 0.15) is 0 Å². The summed E-state index contributed by atoms with van der Waals surface area (Å²) in [5.74, 6) is 1.89. The molecule has 6 aliphatic rings. The first kappa shape index (κ1) is 41.8. The van der Waals surface area contributed by atoms with E-state index in [1.54, 1.807) is 11.1 Å². The molecule has 0 bridgehead atoms. The summed E-state index contributed by atoms with van der Waals surface area (Å²) in [5.41, 5.74) is 33.6. The molecule has 1 fully saturated rings. The van der Waals surface area contributed by atoms with E-state index in [0.29, 0.717) is 11.8 Å². The van der Waals surface area contributed by atoms with Crippen molar-refractivity contribution < 1.29 is 0 Å². The minimum absolute atomic E-state index is 0.327. The zero-order valence-corrected chi connectivity index (χ0v) is 41.7. The first-order valence-corrected chi connectivity index (χ1v) is 27.4. The van der Waals surface area contributed by atoms with E-state index in [-0.39, 0.29) is 10.8 Å². The third-order valence-electron chi connectivity index (χ3n) is 19.3. The van der Waals surface area contributed by atoms with E-state index in [2.05, 4.69) is 249 Å². The van der Waals surface area contributed by atoms with Gasteiger partial charge < -0.3 is 0 Å². The Morgan fingerprint density at radius 3 is 1.03 bits per heavy atom. The first-order valence-electron chi connectivity index (χ1n) is 27.4. The van der Waals surface area contributed by atoms with Gasteiger partial charge in [-0.05, 0) is 195 Å². The highest BCUT2D eigenvalue weighted by atomic mass is 14.5. The van der Waals surface area contributed by atoms with Gasteiger partial charge >= 0.3 is 0 Å². The van der Waals surface area contributed by atoms with Gasteiger partial charge in [-0.15, -0.1) is 0 Å². The van der Waals surface area contributed by atoms with Crippen LogP contribution in [0.2, 0.25) is 0 Å². The lowest BCUT2D eigenvalue weighted by Crippen LogP contribution is -2.25. The van der Waals surface area contributed by atoms with Gasteiger partial charge in [0.05, 0.1) is 10.8 Å². The summed E-state index contributed by atoms with van der Waals surface area (Å²) in [4.78, 5) is 0. The Bertz CT molecular complexity index is 4080. The molecule has 352 valence electrons. The number of rotatable bonds is 4. The Kier molecular flexibility index (Phi) is 8.64. The van der Waals surface area contributed by atoms with E-state index >= 15 is 0 Å². The summed E-state index contributed by atoms with van der Waals surface area (Å²) in [6.45, 7) is 0. The van der Waals surface area contributed by atoms with Gasteiger partial charge in [-0.3, -0.25) is 0 Å². The molecule has 6 aliphatic carbocycles. The van der Waals surface area contributed by atoms with Crippen LogP contribution in [-0.2, 0) is 17.3 Å². The Balaban J connectivity index is 0.657. The summed E-state index contributed by atoms with van der Waals surface area (Å²) in [7, 11) is 0. The quantitative estimate of drug-likeness (QED) is 0.165. The van der Waals surface area contributed by atoms with E-state index in [1.165, 1.54) is 154 Å². The van der Waals surface area contributed by atoms with Crippen molar-refractivity contribution in [1.29, 1.82) is 0 Å². The molecule has 3 atom stereocenters.